The number of rotatable bonds is 5. The van der Waals surface area contributed by atoms with Gasteiger partial charge in [0.2, 0.25) is 0 Å². The van der Waals surface area contributed by atoms with Crippen molar-refractivity contribution in [2.75, 3.05) is 0 Å². The molecular formula is C36H29P. The highest BCUT2D eigenvalue weighted by atomic mass is 31.1. The first-order chi connectivity index (χ1) is 18.2. The summed E-state index contributed by atoms with van der Waals surface area (Å²) in [7, 11) is -0.774. The summed E-state index contributed by atoms with van der Waals surface area (Å²) in [6, 6.07) is 49.1. The van der Waals surface area contributed by atoms with Crippen LogP contribution in [0.1, 0.15) is 19.4 Å². The Hall–Kier alpha value is -3.99. The molecule has 6 rings (SSSR count). The molecule has 37 heavy (non-hydrogen) atoms. The van der Waals surface area contributed by atoms with Crippen LogP contribution in [0.4, 0.5) is 0 Å². The molecule has 0 atom stereocenters. The van der Waals surface area contributed by atoms with Crippen molar-refractivity contribution in [1.29, 1.82) is 0 Å². The lowest BCUT2D eigenvalue weighted by Gasteiger charge is -2.25. The maximum atomic E-state index is 2.45. The summed E-state index contributed by atoms with van der Waals surface area (Å²) in [5.74, 6) is 0. The van der Waals surface area contributed by atoms with E-state index < -0.39 is 7.92 Å². The summed E-state index contributed by atoms with van der Waals surface area (Å²) in [4.78, 5) is 0. The molecule has 0 saturated carbocycles. The molecule has 6 aromatic carbocycles. The smallest absolute Gasteiger partial charge is 0.00234 e. The van der Waals surface area contributed by atoms with Crippen molar-refractivity contribution >= 4 is 51.0 Å². The van der Waals surface area contributed by atoms with Crippen LogP contribution < -0.4 is 15.9 Å². The zero-order valence-corrected chi connectivity index (χ0v) is 22.1. The van der Waals surface area contributed by atoms with E-state index in [9.17, 15) is 0 Å². The number of allylic oxidation sites excluding steroid dienone is 2. The molecule has 0 N–H and O–H groups in total. The van der Waals surface area contributed by atoms with E-state index in [0.717, 1.165) is 0 Å². The van der Waals surface area contributed by atoms with Gasteiger partial charge in [-0.15, -0.1) is 0 Å². The van der Waals surface area contributed by atoms with E-state index in [4.69, 9.17) is 0 Å². The number of hydrogen-bond donors (Lipinski definition) is 0. The van der Waals surface area contributed by atoms with E-state index in [1.54, 1.807) is 0 Å². The second kappa shape index (κ2) is 10.2. The van der Waals surface area contributed by atoms with E-state index in [2.05, 4.69) is 153 Å². The third-order valence-corrected chi connectivity index (χ3v) is 9.67. The highest BCUT2D eigenvalue weighted by Gasteiger charge is 2.23. The van der Waals surface area contributed by atoms with Crippen LogP contribution in [0.15, 0.2) is 140 Å². The molecule has 178 valence electrons. The van der Waals surface area contributed by atoms with Crippen molar-refractivity contribution < 1.29 is 0 Å². The molecule has 0 aliphatic carbocycles. The van der Waals surface area contributed by atoms with Crippen molar-refractivity contribution in [3.63, 3.8) is 0 Å². The molecule has 6 aromatic rings. The van der Waals surface area contributed by atoms with E-state index in [1.165, 1.54) is 59.7 Å². The lowest BCUT2D eigenvalue weighted by molar-refractivity contribution is 1.56. The summed E-state index contributed by atoms with van der Waals surface area (Å²) >= 11 is 0. The van der Waals surface area contributed by atoms with Gasteiger partial charge in [0.1, 0.15) is 0 Å². The Morgan fingerprint density at radius 2 is 1.11 bits per heavy atom. The van der Waals surface area contributed by atoms with Crippen molar-refractivity contribution in [2.24, 2.45) is 0 Å². The topological polar surface area (TPSA) is 0 Å². The molecule has 0 amide bonds. The van der Waals surface area contributed by atoms with Gasteiger partial charge in [0.25, 0.3) is 0 Å². The van der Waals surface area contributed by atoms with Crippen LogP contribution in [0.25, 0.3) is 38.2 Å². The van der Waals surface area contributed by atoms with Gasteiger partial charge in [-0.3, -0.25) is 0 Å². The van der Waals surface area contributed by atoms with Crippen LogP contribution in [0, 0.1) is 0 Å². The van der Waals surface area contributed by atoms with Gasteiger partial charge >= 0.3 is 0 Å². The lowest BCUT2D eigenvalue weighted by atomic mass is 9.89. The van der Waals surface area contributed by atoms with Crippen molar-refractivity contribution in [3.05, 3.63) is 145 Å². The van der Waals surface area contributed by atoms with Gasteiger partial charge in [-0.25, -0.2) is 0 Å². The SMILES string of the molecule is CC=C(C)c1ccc2ccccc2c1-c1cc2ccccc2cc1P(c1ccccc1)c1ccccc1. The summed E-state index contributed by atoms with van der Waals surface area (Å²) in [6.07, 6.45) is 2.23. The number of fused-ring (bicyclic) bond motifs is 2. The first-order valence-corrected chi connectivity index (χ1v) is 14.2. The first kappa shape index (κ1) is 23.4. The van der Waals surface area contributed by atoms with Crippen molar-refractivity contribution in [1.82, 2.24) is 0 Å². The van der Waals surface area contributed by atoms with Crippen LogP contribution in [-0.2, 0) is 0 Å². The van der Waals surface area contributed by atoms with Gasteiger partial charge in [-0.1, -0.05) is 127 Å². The fourth-order valence-electron chi connectivity index (χ4n) is 5.24. The third kappa shape index (κ3) is 4.39. The third-order valence-electron chi connectivity index (χ3n) is 7.19. The summed E-state index contributed by atoms with van der Waals surface area (Å²) < 4.78 is 0. The Kier molecular flexibility index (Phi) is 6.44. The van der Waals surface area contributed by atoms with E-state index in [1.807, 2.05) is 0 Å². The predicted octanol–water partition coefficient (Wildman–Crippen LogP) is 8.84. The molecular weight excluding hydrogens is 463 g/mol. The molecule has 0 nitrogen and oxygen atoms in total. The zero-order valence-electron chi connectivity index (χ0n) is 21.2. The molecule has 0 aliphatic heterocycles. The second-order valence-electron chi connectivity index (χ2n) is 9.40. The Balaban J connectivity index is 1.77. The highest BCUT2D eigenvalue weighted by Crippen LogP contribution is 2.43. The van der Waals surface area contributed by atoms with Crippen molar-refractivity contribution in [2.45, 2.75) is 13.8 Å². The highest BCUT2D eigenvalue weighted by molar-refractivity contribution is 7.80. The molecule has 0 fully saturated rings. The second-order valence-corrected chi connectivity index (χ2v) is 11.6. The average molecular weight is 493 g/mol. The van der Waals surface area contributed by atoms with Gasteiger partial charge in [-0.2, -0.15) is 0 Å². The molecule has 1 heteroatoms. The van der Waals surface area contributed by atoms with E-state index >= 15 is 0 Å². The molecule has 0 spiro atoms. The Morgan fingerprint density at radius 3 is 1.73 bits per heavy atom. The van der Waals surface area contributed by atoms with Gasteiger partial charge in [0, 0.05) is 0 Å². The maximum absolute atomic E-state index is 2.45. The minimum atomic E-state index is -0.774. The van der Waals surface area contributed by atoms with Gasteiger partial charge in [0.15, 0.2) is 0 Å². The van der Waals surface area contributed by atoms with Crippen molar-refractivity contribution in [3.8, 4) is 11.1 Å². The first-order valence-electron chi connectivity index (χ1n) is 12.8. The normalized spacial score (nSPS) is 11.9. The zero-order chi connectivity index (χ0) is 25.2. The van der Waals surface area contributed by atoms with Gasteiger partial charge in [0.05, 0.1) is 0 Å². The fourth-order valence-corrected chi connectivity index (χ4v) is 7.72. The predicted molar refractivity (Wildman–Crippen MR) is 165 cm³/mol. The van der Waals surface area contributed by atoms with Gasteiger partial charge < -0.3 is 0 Å². The van der Waals surface area contributed by atoms with Crippen LogP contribution in [0.2, 0.25) is 0 Å². The van der Waals surface area contributed by atoms with E-state index in [0.29, 0.717) is 0 Å². The summed E-state index contributed by atoms with van der Waals surface area (Å²) in [5, 5.41) is 9.25. The Morgan fingerprint density at radius 1 is 0.568 bits per heavy atom. The Labute approximate surface area is 220 Å². The molecule has 0 saturated heterocycles. The number of hydrogen-bond acceptors (Lipinski definition) is 0. The summed E-state index contributed by atoms with van der Waals surface area (Å²) in [5.41, 5.74) is 5.25. The molecule has 0 unspecified atom stereocenters. The molecule has 0 aromatic heterocycles. The standard InChI is InChI=1S/C36H29P/c1-3-26(2)32-23-22-27-14-12-13-21-33(27)36(32)34-24-28-15-10-11-16-29(28)25-35(34)37(30-17-6-4-7-18-30)31-19-8-5-9-20-31/h3-25H,1-2H3. The number of benzene rings is 6. The minimum absolute atomic E-state index is 0.774. The summed E-state index contributed by atoms with van der Waals surface area (Å²) in [6.45, 7) is 4.36. The van der Waals surface area contributed by atoms with Crippen LogP contribution >= 0.6 is 7.92 Å². The van der Waals surface area contributed by atoms with Crippen LogP contribution in [0.5, 0.6) is 0 Å². The minimum Gasteiger partial charge on any atom is -0.0841 e. The lowest BCUT2D eigenvalue weighted by Crippen LogP contribution is -2.22. The molecule has 0 bridgehead atoms. The van der Waals surface area contributed by atoms with E-state index in [-0.39, 0.29) is 0 Å². The monoisotopic (exact) mass is 492 g/mol. The largest absolute Gasteiger partial charge is 0.0841 e. The molecule has 0 radical (unpaired) electrons. The average Bonchev–Trinajstić information content (AvgIpc) is 2.97. The van der Waals surface area contributed by atoms with Crippen LogP contribution in [0.3, 0.4) is 0 Å². The molecule has 0 heterocycles. The van der Waals surface area contributed by atoms with Crippen LogP contribution in [-0.4, -0.2) is 0 Å². The quantitative estimate of drug-likeness (QED) is 0.211. The Bertz CT molecular complexity index is 1690. The molecule has 0 aliphatic rings. The fraction of sp³-hybridized carbons (Fsp3) is 0.0556. The van der Waals surface area contributed by atoms with Gasteiger partial charge in [-0.05, 0) is 93.6 Å². The maximum Gasteiger partial charge on any atom is -0.00234 e.